The van der Waals surface area contributed by atoms with Crippen molar-refractivity contribution in [2.45, 2.75) is 19.9 Å². The smallest absolute Gasteiger partial charge is 0.269 e. The molecule has 1 atom stereocenters. The number of rotatable bonds is 4. The second-order valence-corrected chi connectivity index (χ2v) is 4.52. The summed E-state index contributed by atoms with van der Waals surface area (Å²) in [4.78, 5) is 15.7. The first-order valence-corrected chi connectivity index (χ1v) is 6.01. The first-order valence-electron chi connectivity index (χ1n) is 4.89. The van der Waals surface area contributed by atoms with Crippen LogP contribution in [0.5, 0.6) is 0 Å². The maximum absolute atomic E-state index is 11.8. The number of nitrogens with one attached hydrogen (secondary N) is 1. The number of alkyl halides is 1. The number of carbonyl (C=O) groups excluding carboxylic acids is 1. The van der Waals surface area contributed by atoms with Gasteiger partial charge in [-0.05, 0) is 5.92 Å². The van der Waals surface area contributed by atoms with E-state index in [-0.39, 0.29) is 11.9 Å². The number of amides is 1. The quantitative estimate of drug-likeness (QED) is 0.847. The van der Waals surface area contributed by atoms with Crippen LogP contribution in [0.2, 0.25) is 0 Å². The Hall–Kier alpha value is -0.840. The summed E-state index contributed by atoms with van der Waals surface area (Å²) in [5, 5.41) is 3.72. The molecule has 5 heteroatoms. The summed E-state index contributed by atoms with van der Waals surface area (Å²) in [5.74, 6) is 0.328. The molecule has 0 spiro atoms. The average molecular weight is 274 g/mol. The van der Waals surface area contributed by atoms with Crippen molar-refractivity contribution in [3.8, 4) is 0 Å². The van der Waals surface area contributed by atoms with Gasteiger partial charge >= 0.3 is 0 Å². The summed E-state index contributed by atoms with van der Waals surface area (Å²) in [6, 6.07) is 0.146. The molecule has 0 aliphatic carbocycles. The van der Waals surface area contributed by atoms with Gasteiger partial charge in [0.05, 0.1) is 12.5 Å². The first-order chi connectivity index (χ1) is 7.06. The standard InChI is InChI=1S/C10H16BrN3O/c1-7(2)8(4-11)13-10(15)9-5-12-6-14(9)3/h5-8H,4H2,1-3H3,(H,13,15). The fourth-order valence-electron chi connectivity index (χ4n) is 1.20. The van der Waals surface area contributed by atoms with Crippen molar-refractivity contribution in [1.82, 2.24) is 14.9 Å². The van der Waals surface area contributed by atoms with E-state index in [1.54, 1.807) is 24.1 Å². The molecule has 0 aliphatic rings. The highest BCUT2D eigenvalue weighted by Crippen LogP contribution is 2.06. The first kappa shape index (κ1) is 12.2. The molecule has 84 valence electrons. The minimum absolute atomic E-state index is 0.0758. The van der Waals surface area contributed by atoms with Crippen molar-refractivity contribution in [1.29, 1.82) is 0 Å². The van der Waals surface area contributed by atoms with E-state index in [1.807, 2.05) is 0 Å². The van der Waals surface area contributed by atoms with Gasteiger partial charge in [0.1, 0.15) is 5.69 Å². The van der Waals surface area contributed by atoms with Crippen molar-refractivity contribution < 1.29 is 4.79 Å². The molecule has 1 rings (SSSR count). The predicted molar refractivity (Wildman–Crippen MR) is 63.1 cm³/mol. The van der Waals surface area contributed by atoms with Gasteiger partial charge < -0.3 is 9.88 Å². The molecule has 0 fully saturated rings. The number of hydrogen-bond acceptors (Lipinski definition) is 2. The van der Waals surface area contributed by atoms with E-state index in [1.165, 1.54) is 0 Å². The van der Waals surface area contributed by atoms with Gasteiger partial charge in [0.2, 0.25) is 0 Å². The number of aryl methyl sites for hydroxylation is 1. The molecule has 0 bridgehead atoms. The molecule has 1 heterocycles. The number of aromatic nitrogens is 2. The van der Waals surface area contributed by atoms with Gasteiger partial charge in [0.15, 0.2) is 0 Å². The van der Waals surface area contributed by atoms with E-state index in [4.69, 9.17) is 0 Å². The Morgan fingerprint density at radius 2 is 2.33 bits per heavy atom. The van der Waals surface area contributed by atoms with Crippen molar-refractivity contribution in [2.75, 3.05) is 5.33 Å². The van der Waals surface area contributed by atoms with Gasteiger partial charge in [-0.2, -0.15) is 0 Å². The van der Waals surface area contributed by atoms with E-state index in [0.717, 1.165) is 5.33 Å². The summed E-state index contributed by atoms with van der Waals surface area (Å²) >= 11 is 3.39. The van der Waals surface area contributed by atoms with Gasteiger partial charge in [0, 0.05) is 18.4 Å². The molecule has 0 saturated heterocycles. The molecule has 1 aromatic rings. The second-order valence-electron chi connectivity index (χ2n) is 3.87. The van der Waals surface area contributed by atoms with Crippen LogP contribution < -0.4 is 5.32 Å². The SMILES string of the molecule is CC(C)C(CBr)NC(=O)c1cncn1C. The zero-order chi connectivity index (χ0) is 11.4. The lowest BCUT2D eigenvalue weighted by atomic mass is 10.1. The van der Waals surface area contributed by atoms with Gasteiger partial charge in [0.25, 0.3) is 5.91 Å². The van der Waals surface area contributed by atoms with Crippen LogP contribution in [0.3, 0.4) is 0 Å². The lowest BCUT2D eigenvalue weighted by molar-refractivity contribution is 0.0923. The van der Waals surface area contributed by atoms with Gasteiger partial charge in [-0.1, -0.05) is 29.8 Å². The summed E-state index contributed by atoms with van der Waals surface area (Å²) in [6.45, 7) is 4.16. The third-order valence-corrected chi connectivity index (χ3v) is 3.03. The Kier molecular flexibility index (Phi) is 4.32. The number of hydrogen-bond donors (Lipinski definition) is 1. The molecular formula is C10H16BrN3O. The molecule has 1 unspecified atom stereocenters. The minimum Gasteiger partial charge on any atom is -0.347 e. The Labute approximate surface area is 98.2 Å². The lowest BCUT2D eigenvalue weighted by Gasteiger charge is -2.19. The second kappa shape index (κ2) is 5.30. The number of halogens is 1. The zero-order valence-electron chi connectivity index (χ0n) is 9.20. The monoisotopic (exact) mass is 273 g/mol. The zero-order valence-corrected chi connectivity index (χ0v) is 10.8. The van der Waals surface area contributed by atoms with Crippen molar-refractivity contribution in [3.05, 3.63) is 18.2 Å². The van der Waals surface area contributed by atoms with E-state index >= 15 is 0 Å². The van der Waals surface area contributed by atoms with E-state index < -0.39 is 0 Å². The Balaban J connectivity index is 2.67. The Morgan fingerprint density at radius 3 is 2.73 bits per heavy atom. The lowest BCUT2D eigenvalue weighted by Crippen LogP contribution is -2.40. The highest BCUT2D eigenvalue weighted by Gasteiger charge is 2.17. The van der Waals surface area contributed by atoms with E-state index in [2.05, 4.69) is 40.1 Å². The summed E-state index contributed by atoms with van der Waals surface area (Å²) in [5.41, 5.74) is 0.585. The molecule has 0 aliphatic heterocycles. The van der Waals surface area contributed by atoms with Crippen LogP contribution in [0.4, 0.5) is 0 Å². The third-order valence-electron chi connectivity index (χ3n) is 2.34. The summed E-state index contributed by atoms with van der Waals surface area (Å²) in [6.07, 6.45) is 3.19. The Bertz CT molecular complexity index is 335. The van der Waals surface area contributed by atoms with Crippen LogP contribution in [0.25, 0.3) is 0 Å². The molecule has 1 amide bonds. The summed E-state index contributed by atoms with van der Waals surface area (Å²) < 4.78 is 1.71. The molecule has 4 nitrogen and oxygen atoms in total. The van der Waals surface area contributed by atoms with Gasteiger partial charge in [-0.25, -0.2) is 4.98 Å². The predicted octanol–water partition coefficient (Wildman–Crippen LogP) is 1.57. The van der Waals surface area contributed by atoms with Gasteiger partial charge in [-0.3, -0.25) is 4.79 Å². The highest BCUT2D eigenvalue weighted by atomic mass is 79.9. The minimum atomic E-state index is -0.0758. The molecule has 0 saturated carbocycles. The topological polar surface area (TPSA) is 46.9 Å². The largest absolute Gasteiger partial charge is 0.347 e. The van der Waals surface area contributed by atoms with Crippen LogP contribution in [0, 0.1) is 5.92 Å². The van der Waals surface area contributed by atoms with Crippen LogP contribution in [-0.2, 0) is 7.05 Å². The third kappa shape index (κ3) is 3.06. The Morgan fingerprint density at radius 1 is 1.67 bits per heavy atom. The van der Waals surface area contributed by atoms with E-state index in [9.17, 15) is 4.79 Å². The molecule has 1 N–H and O–H groups in total. The molecular weight excluding hydrogens is 258 g/mol. The fourth-order valence-corrected chi connectivity index (χ4v) is 2.11. The molecule has 1 aromatic heterocycles. The fraction of sp³-hybridized carbons (Fsp3) is 0.600. The number of nitrogens with zero attached hydrogens (tertiary/aromatic N) is 2. The van der Waals surface area contributed by atoms with Crippen LogP contribution in [-0.4, -0.2) is 26.8 Å². The maximum atomic E-state index is 11.8. The van der Waals surface area contributed by atoms with Crippen LogP contribution in [0.15, 0.2) is 12.5 Å². The highest BCUT2D eigenvalue weighted by molar-refractivity contribution is 9.09. The van der Waals surface area contributed by atoms with E-state index in [0.29, 0.717) is 11.6 Å². The van der Waals surface area contributed by atoms with Crippen LogP contribution >= 0.6 is 15.9 Å². The van der Waals surface area contributed by atoms with Crippen molar-refractivity contribution in [3.63, 3.8) is 0 Å². The average Bonchev–Trinajstić information content (AvgIpc) is 2.60. The van der Waals surface area contributed by atoms with Crippen molar-refractivity contribution in [2.24, 2.45) is 13.0 Å². The maximum Gasteiger partial charge on any atom is 0.269 e. The summed E-state index contributed by atoms with van der Waals surface area (Å²) in [7, 11) is 1.81. The number of carbonyl (C=O) groups is 1. The number of imidazole rings is 1. The van der Waals surface area contributed by atoms with Gasteiger partial charge in [-0.15, -0.1) is 0 Å². The van der Waals surface area contributed by atoms with Crippen molar-refractivity contribution >= 4 is 21.8 Å². The molecule has 15 heavy (non-hydrogen) atoms. The molecule has 0 aromatic carbocycles. The molecule has 0 radical (unpaired) electrons. The van der Waals surface area contributed by atoms with Crippen LogP contribution in [0.1, 0.15) is 24.3 Å². The normalized spacial score (nSPS) is 12.9.